The SMILES string of the molecule is CC.Cc1ccn2c(CC3CC3)nnc2c1C(F)(F)F. The fourth-order valence-corrected chi connectivity index (χ4v) is 2.17. The van der Waals surface area contributed by atoms with E-state index in [2.05, 4.69) is 10.2 Å². The van der Waals surface area contributed by atoms with Crippen LogP contribution in [0.2, 0.25) is 0 Å². The summed E-state index contributed by atoms with van der Waals surface area (Å²) in [5.41, 5.74) is -0.585. The van der Waals surface area contributed by atoms with Gasteiger partial charge in [-0.2, -0.15) is 13.2 Å². The average Bonchev–Trinajstić information content (AvgIpc) is 3.11. The van der Waals surface area contributed by atoms with Gasteiger partial charge in [0.25, 0.3) is 0 Å². The lowest BCUT2D eigenvalue weighted by Crippen LogP contribution is -2.10. The lowest BCUT2D eigenvalue weighted by atomic mass is 10.1. The van der Waals surface area contributed by atoms with E-state index < -0.39 is 11.7 Å². The highest BCUT2D eigenvalue weighted by molar-refractivity contribution is 5.53. The number of fused-ring (bicyclic) bond motifs is 1. The highest BCUT2D eigenvalue weighted by atomic mass is 19.4. The van der Waals surface area contributed by atoms with Gasteiger partial charge in [-0.3, -0.25) is 4.40 Å². The van der Waals surface area contributed by atoms with Crippen molar-refractivity contribution < 1.29 is 13.2 Å². The van der Waals surface area contributed by atoms with Crippen LogP contribution < -0.4 is 0 Å². The van der Waals surface area contributed by atoms with Gasteiger partial charge in [-0.15, -0.1) is 10.2 Å². The summed E-state index contributed by atoms with van der Waals surface area (Å²) >= 11 is 0. The molecule has 1 fully saturated rings. The molecule has 0 radical (unpaired) electrons. The van der Waals surface area contributed by atoms with E-state index in [9.17, 15) is 13.2 Å². The molecule has 0 atom stereocenters. The summed E-state index contributed by atoms with van der Waals surface area (Å²) in [5.74, 6) is 1.19. The van der Waals surface area contributed by atoms with Gasteiger partial charge >= 0.3 is 6.18 Å². The average molecular weight is 285 g/mol. The Kier molecular flexibility index (Phi) is 4.01. The van der Waals surface area contributed by atoms with E-state index in [1.165, 1.54) is 17.4 Å². The Morgan fingerprint density at radius 1 is 1.25 bits per heavy atom. The van der Waals surface area contributed by atoms with E-state index in [-0.39, 0.29) is 11.2 Å². The van der Waals surface area contributed by atoms with Crippen LogP contribution in [0, 0.1) is 12.8 Å². The van der Waals surface area contributed by atoms with Gasteiger partial charge in [-0.25, -0.2) is 0 Å². The zero-order valence-corrected chi connectivity index (χ0v) is 11.8. The van der Waals surface area contributed by atoms with Crippen molar-refractivity contribution in [1.29, 1.82) is 0 Å². The van der Waals surface area contributed by atoms with Gasteiger partial charge in [0.1, 0.15) is 11.4 Å². The molecule has 0 bridgehead atoms. The molecule has 2 aromatic rings. The first kappa shape index (κ1) is 14.8. The topological polar surface area (TPSA) is 30.2 Å². The maximum atomic E-state index is 13.0. The molecule has 0 aliphatic heterocycles. The third kappa shape index (κ3) is 2.78. The lowest BCUT2D eigenvalue weighted by molar-refractivity contribution is -0.137. The van der Waals surface area contributed by atoms with Crippen molar-refractivity contribution >= 4 is 5.65 Å². The van der Waals surface area contributed by atoms with Crippen molar-refractivity contribution in [2.24, 2.45) is 5.92 Å². The molecule has 2 heterocycles. The molecule has 0 N–H and O–H groups in total. The number of rotatable bonds is 2. The van der Waals surface area contributed by atoms with Crippen molar-refractivity contribution in [3.63, 3.8) is 0 Å². The van der Waals surface area contributed by atoms with Gasteiger partial charge in [-0.05, 0) is 37.3 Å². The minimum absolute atomic E-state index is 0.0850. The van der Waals surface area contributed by atoms with Gasteiger partial charge in [0.15, 0.2) is 5.65 Å². The molecular formula is C14H18F3N3. The first-order valence-electron chi connectivity index (χ1n) is 6.87. The van der Waals surface area contributed by atoms with Gasteiger partial charge < -0.3 is 0 Å². The fourth-order valence-electron chi connectivity index (χ4n) is 2.17. The van der Waals surface area contributed by atoms with E-state index in [1.807, 2.05) is 13.8 Å². The molecule has 0 saturated heterocycles. The third-order valence-corrected chi connectivity index (χ3v) is 3.31. The molecule has 1 aliphatic carbocycles. The summed E-state index contributed by atoms with van der Waals surface area (Å²) in [6.45, 7) is 5.44. The van der Waals surface area contributed by atoms with Crippen LogP contribution in [-0.4, -0.2) is 14.6 Å². The Labute approximate surface area is 115 Å². The Morgan fingerprint density at radius 2 is 1.90 bits per heavy atom. The van der Waals surface area contributed by atoms with E-state index in [0.29, 0.717) is 18.2 Å². The van der Waals surface area contributed by atoms with Crippen LogP contribution >= 0.6 is 0 Å². The van der Waals surface area contributed by atoms with Crippen LogP contribution in [-0.2, 0) is 12.6 Å². The first-order chi connectivity index (χ1) is 9.47. The monoisotopic (exact) mass is 285 g/mol. The predicted octanol–water partition coefficient (Wildman–Crippen LogP) is 4.04. The molecule has 0 aromatic carbocycles. The van der Waals surface area contributed by atoms with Crippen LogP contribution in [0.4, 0.5) is 13.2 Å². The van der Waals surface area contributed by atoms with Crippen molar-refractivity contribution in [2.45, 2.75) is 46.2 Å². The highest BCUT2D eigenvalue weighted by Gasteiger charge is 2.36. The number of alkyl halides is 3. The quantitative estimate of drug-likeness (QED) is 0.833. The van der Waals surface area contributed by atoms with Crippen molar-refractivity contribution in [3.8, 4) is 0 Å². The summed E-state index contributed by atoms with van der Waals surface area (Å²) in [6.07, 6.45) is 0.204. The Morgan fingerprint density at radius 3 is 2.45 bits per heavy atom. The summed E-state index contributed by atoms with van der Waals surface area (Å²) in [4.78, 5) is 0. The van der Waals surface area contributed by atoms with E-state index in [0.717, 1.165) is 12.8 Å². The molecular weight excluding hydrogens is 267 g/mol. The van der Waals surface area contributed by atoms with Gasteiger partial charge in [0, 0.05) is 12.6 Å². The van der Waals surface area contributed by atoms with Crippen LogP contribution in [0.1, 0.15) is 43.6 Å². The summed E-state index contributed by atoms with van der Waals surface area (Å²) in [6, 6.07) is 1.47. The van der Waals surface area contributed by atoms with Crippen LogP contribution in [0.25, 0.3) is 5.65 Å². The maximum Gasteiger partial charge on any atom is 0.420 e. The van der Waals surface area contributed by atoms with Crippen molar-refractivity contribution in [1.82, 2.24) is 14.6 Å². The third-order valence-electron chi connectivity index (χ3n) is 3.31. The molecule has 1 saturated carbocycles. The molecule has 6 heteroatoms. The number of aryl methyl sites for hydroxylation is 1. The van der Waals surface area contributed by atoms with Crippen molar-refractivity contribution in [2.75, 3.05) is 0 Å². The number of pyridine rings is 1. The van der Waals surface area contributed by atoms with E-state index >= 15 is 0 Å². The summed E-state index contributed by atoms with van der Waals surface area (Å²) < 4.78 is 40.4. The normalized spacial score (nSPS) is 15.1. The lowest BCUT2D eigenvalue weighted by Gasteiger charge is -2.11. The molecule has 3 nitrogen and oxygen atoms in total. The van der Waals surface area contributed by atoms with Crippen LogP contribution in [0.15, 0.2) is 12.3 Å². The highest BCUT2D eigenvalue weighted by Crippen LogP contribution is 2.36. The van der Waals surface area contributed by atoms with E-state index in [1.54, 1.807) is 6.20 Å². The number of halogens is 3. The second-order valence-corrected chi connectivity index (χ2v) is 4.83. The minimum atomic E-state index is -4.39. The largest absolute Gasteiger partial charge is 0.420 e. The number of nitrogens with zero attached hydrogens (tertiary/aromatic N) is 3. The van der Waals surface area contributed by atoms with Crippen molar-refractivity contribution in [3.05, 3.63) is 29.2 Å². The molecule has 3 rings (SSSR count). The summed E-state index contributed by atoms with van der Waals surface area (Å²) in [7, 11) is 0. The molecule has 0 unspecified atom stereocenters. The fraction of sp³-hybridized carbons (Fsp3) is 0.571. The smallest absolute Gasteiger partial charge is 0.286 e. The van der Waals surface area contributed by atoms with Gasteiger partial charge in [0.2, 0.25) is 0 Å². The molecule has 1 aliphatic rings. The number of hydrogen-bond acceptors (Lipinski definition) is 2. The molecule has 2 aromatic heterocycles. The summed E-state index contributed by atoms with van der Waals surface area (Å²) in [5, 5.41) is 7.62. The maximum absolute atomic E-state index is 13.0. The van der Waals surface area contributed by atoms with Crippen LogP contribution in [0.3, 0.4) is 0 Å². The minimum Gasteiger partial charge on any atom is -0.286 e. The van der Waals surface area contributed by atoms with Crippen LogP contribution in [0.5, 0.6) is 0 Å². The zero-order chi connectivity index (χ0) is 14.9. The zero-order valence-electron chi connectivity index (χ0n) is 11.8. The van der Waals surface area contributed by atoms with E-state index in [4.69, 9.17) is 0 Å². The number of aromatic nitrogens is 3. The molecule has 0 spiro atoms. The Hall–Kier alpha value is -1.59. The molecule has 110 valence electrons. The van der Waals surface area contributed by atoms with Gasteiger partial charge in [-0.1, -0.05) is 13.8 Å². The second kappa shape index (κ2) is 5.42. The second-order valence-electron chi connectivity index (χ2n) is 4.83. The molecule has 0 amide bonds. The Balaban J connectivity index is 0.000000704. The first-order valence-corrected chi connectivity index (χ1v) is 6.87. The van der Waals surface area contributed by atoms with Gasteiger partial charge in [0.05, 0.1) is 0 Å². The molecule has 20 heavy (non-hydrogen) atoms. The predicted molar refractivity (Wildman–Crippen MR) is 70.5 cm³/mol. The number of hydrogen-bond donors (Lipinski definition) is 0. The Bertz CT molecular complexity index is 597. The standard InChI is InChI=1S/C12H12F3N3.C2H6/c1-7-4-5-18-9(6-8-2-3-8)16-17-11(18)10(7)12(13,14)15;1-2/h4-5,8H,2-3,6H2,1H3;1-2H3.